The Morgan fingerprint density at radius 1 is 1.15 bits per heavy atom. The number of benzene rings is 2. The van der Waals surface area contributed by atoms with Gasteiger partial charge in [-0.15, -0.1) is 0 Å². The smallest absolute Gasteiger partial charge is 0.243 e. The third-order valence-corrected chi connectivity index (χ3v) is 4.76. The Morgan fingerprint density at radius 3 is 2.40 bits per heavy atom. The Bertz CT molecular complexity index is 692. The zero-order valence-corrected chi connectivity index (χ0v) is 12.5. The quantitative estimate of drug-likeness (QED) is 0.853. The molecule has 0 saturated carbocycles. The molecule has 2 aromatic carbocycles. The van der Waals surface area contributed by atoms with Crippen LogP contribution in [0.3, 0.4) is 0 Å². The number of halogens is 1. The Morgan fingerprint density at radius 2 is 1.80 bits per heavy atom. The molecule has 0 spiro atoms. The van der Waals surface area contributed by atoms with Crippen molar-refractivity contribution in [2.24, 2.45) is 0 Å². The zero-order chi connectivity index (χ0) is 14.8. The SMILES string of the molecule is Cc1cccc(N)c1S(=O)(=O)NCc1ccc(Cl)cc1. The summed E-state index contributed by atoms with van der Waals surface area (Å²) in [6.45, 7) is 1.90. The first-order chi connectivity index (χ1) is 9.40. The summed E-state index contributed by atoms with van der Waals surface area (Å²) >= 11 is 5.78. The molecule has 4 nitrogen and oxygen atoms in total. The van der Waals surface area contributed by atoms with E-state index in [1.165, 1.54) is 0 Å². The minimum atomic E-state index is -3.64. The van der Waals surface area contributed by atoms with Crippen molar-refractivity contribution >= 4 is 27.3 Å². The summed E-state index contributed by atoms with van der Waals surface area (Å²) in [5, 5.41) is 0.611. The van der Waals surface area contributed by atoms with Gasteiger partial charge in [0.1, 0.15) is 4.90 Å². The van der Waals surface area contributed by atoms with E-state index in [4.69, 9.17) is 17.3 Å². The van der Waals surface area contributed by atoms with Gasteiger partial charge in [-0.2, -0.15) is 0 Å². The molecule has 0 atom stereocenters. The summed E-state index contributed by atoms with van der Waals surface area (Å²) in [6, 6.07) is 12.0. The second-order valence-electron chi connectivity index (χ2n) is 4.44. The van der Waals surface area contributed by atoms with E-state index in [9.17, 15) is 8.42 Å². The van der Waals surface area contributed by atoms with Crippen molar-refractivity contribution in [2.75, 3.05) is 5.73 Å². The molecule has 0 aliphatic rings. The molecular weight excluding hydrogens is 296 g/mol. The minimum Gasteiger partial charge on any atom is -0.398 e. The molecule has 0 radical (unpaired) electrons. The van der Waals surface area contributed by atoms with Crippen molar-refractivity contribution in [3.8, 4) is 0 Å². The highest BCUT2D eigenvalue weighted by atomic mass is 35.5. The summed E-state index contributed by atoms with van der Waals surface area (Å²) in [5.41, 5.74) is 7.45. The number of anilines is 1. The second kappa shape index (κ2) is 5.83. The van der Waals surface area contributed by atoms with E-state index in [-0.39, 0.29) is 17.1 Å². The highest BCUT2D eigenvalue weighted by Crippen LogP contribution is 2.22. The van der Waals surface area contributed by atoms with Gasteiger partial charge in [-0.1, -0.05) is 35.9 Å². The Labute approximate surface area is 123 Å². The molecule has 2 aromatic rings. The van der Waals surface area contributed by atoms with Crippen LogP contribution in [0, 0.1) is 6.92 Å². The van der Waals surface area contributed by atoms with Gasteiger partial charge in [-0.05, 0) is 36.2 Å². The number of aryl methyl sites for hydroxylation is 1. The van der Waals surface area contributed by atoms with Crippen LogP contribution in [0.1, 0.15) is 11.1 Å². The normalized spacial score (nSPS) is 11.5. The van der Waals surface area contributed by atoms with Gasteiger partial charge in [0.15, 0.2) is 0 Å². The lowest BCUT2D eigenvalue weighted by atomic mass is 10.2. The first-order valence-electron chi connectivity index (χ1n) is 5.99. The van der Waals surface area contributed by atoms with Crippen LogP contribution in [-0.2, 0) is 16.6 Å². The van der Waals surface area contributed by atoms with E-state index in [0.717, 1.165) is 5.56 Å². The van der Waals surface area contributed by atoms with E-state index in [2.05, 4.69) is 4.72 Å². The van der Waals surface area contributed by atoms with Crippen molar-refractivity contribution in [3.63, 3.8) is 0 Å². The standard InChI is InChI=1S/C14H15ClN2O2S/c1-10-3-2-4-13(16)14(10)20(18,19)17-9-11-5-7-12(15)8-6-11/h2-8,17H,9,16H2,1H3. The van der Waals surface area contributed by atoms with E-state index in [0.29, 0.717) is 10.6 Å². The zero-order valence-electron chi connectivity index (χ0n) is 10.9. The third-order valence-electron chi connectivity index (χ3n) is 2.89. The number of hydrogen-bond donors (Lipinski definition) is 2. The number of sulfonamides is 1. The molecule has 6 heteroatoms. The van der Waals surface area contributed by atoms with Gasteiger partial charge in [0.05, 0.1) is 5.69 Å². The maximum absolute atomic E-state index is 12.3. The summed E-state index contributed by atoms with van der Waals surface area (Å²) in [5.74, 6) is 0. The van der Waals surface area contributed by atoms with E-state index >= 15 is 0 Å². The van der Waals surface area contributed by atoms with Gasteiger partial charge in [-0.25, -0.2) is 13.1 Å². The summed E-state index contributed by atoms with van der Waals surface area (Å²) in [7, 11) is -3.64. The van der Waals surface area contributed by atoms with E-state index < -0.39 is 10.0 Å². The molecule has 20 heavy (non-hydrogen) atoms. The Hall–Kier alpha value is -1.56. The van der Waals surface area contributed by atoms with Gasteiger partial charge in [0.2, 0.25) is 10.0 Å². The van der Waals surface area contributed by atoms with Crippen LogP contribution in [0.25, 0.3) is 0 Å². The third kappa shape index (κ3) is 3.30. The lowest BCUT2D eigenvalue weighted by molar-refractivity contribution is 0.581. The molecule has 0 aliphatic heterocycles. The van der Waals surface area contributed by atoms with Crippen LogP contribution in [0.15, 0.2) is 47.4 Å². The molecule has 0 amide bonds. The molecule has 0 aliphatic carbocycles. The van der Waals surface area contributed by atoms with Crippen LogP contribution >= 0.6 is 11.6 Å². The van der Waals surface area contributed by atoms with Crippen LogP contribution in [0.4, 0.5) is 5.69 Å². The molecule has 3 N–H and O–H groups in total. The minimum absolute atomic E-state index is 0.133. The largest absolute Gasteiger partial charge is 0.398 e. The van der Waals surface area contributed by atoms with Crippen molar-refractivity contribution in [2.45, 2.75) is 18.4 Å². The van der Waals surface area contributed by atoms with E-state index in [1.807, 2.05) is 0 Å². The molecule has 106 valence electrons. The lowest BCUT2D eigenvalue weighted by Gasteiger charge is -2.11. The number of rotatable bonds is 4. The molecule has 0 fully saturated rings. The highest BCUT2D eigenvalue weighted by Gasteiger charge is 2.19. The van der Waals surface area contributed by atoms with Crippen LogP contribution < -0.4 is 10.5 Å². The maximum atomic E-state index is 12.3. The second-order valence-corrected chi connectivity index (χ2v) is 6.58. The average Bonchev–Trinajstić information content (AvgIpc) is 2.37. The van der Waals surface area contributed by atoms with Gasteiger partial charge >= 0.3 is 0 Å². The topological polar surface area (TPSA) is 72.2 Å². The first kappa shape index (κ1) is 14.8. The van der Waals surface area contributed by atoms with Gasteiger partial charge in [0.25, 0.3) is 0 Å². The molecule has 0 aromatic heterocycles. The van der Waals surface area contributed by atoms with Crippen LogP contribution in [0.2, 0.25) is 5.02 Å². The lowest BCUT2D eigenvalue weighted by Crippen LogP contribution is -2.25. The molecule has 0 saturated heterocycles. The predicted octanol–water partition coefficient (Wildman–Crippen LogP) is 2.71. The number of hydrogen-bond acceptors (Lipinski definition) is 3. The van der Waals surface area contributed by atoms with Gasteiger partial charge < -0.3 is 5.73 Å². The van der Waals surface area contributed by atoms with Crippen LogP contribution in [-0.4, -0.2) is 8.42 Å². The van der Waals surface area contributed by atoms with Crippen molar-refractivity contribution in [1.82, 2.24) is 4.72 Å². The summed E-state index contributed by atoms with van der Waals surface area (Å²) in [6.07, 6.45) is 0. The number of nitrogens with one attached hydrogen (secondary N) is 1. The van der Waals surface area contributed by atoms with Gasteiger partial charge in [0, 0.05) is 11.6 Å². The van der Waals surface area contributed by atoms with Crippen molar-refractivity contribution in [1.29, 1.82) is 0 Å². The highest BCUT2D eigenvalue weighted by molar-refractivity contribution is 7.89. The fourth-order valence-corrected chi connectivity index (χ4v) is 3.39. The monoisotopic (exact) mass is 310 g/mol. The Kier molecular flexibility index (Phi) is 4.32. The number of nitrogen functional groups attached to an aromatic ring is 1. The predicted molar refractivity (Wildman–Crippen MR) is 81.1 cm³/mol. The van der Waals surface area contributed by atoms with Gasteiger partial charge in [-0.3, -0.25) is 0 Å². The van der Waals surface area contributed by atoms with Crippen LogP contribution in [0.5, 0.6) is 0 Å². The summed E-state index contributed by atoms with van der Waals surface area (Å²) < 4.78 is 27.1. The van der Waals surface area contributed by atoms with Crippen molar-refractivity contribution in [3.05, 3.63) is 58.6 Å². The number of nitrogens with two attached hydrogens (primary N) is 1. The summed E-state index contributed by atoms with van der Waals surface area (Å²) in [4.78, 5) is 0.133. The molecule has 2 rings (SSSR count). The van der Waals surface area contributed by atoms with Crippen molar-refractivity contribution < 1.29 is 8.42 Å². The fourth-order valence-electron chi connectivity index (χ4n) is 1.90. The maximum Gasteiger partial charge on any atom is 0.243 e. The Balaban J connectivity index is 2.22. The fraction of sp³-hybridized carbons (Fsp3) is 0.143. The first-order valence-corrected chi connectivity index (χ1v) is 7.85. The van der Waals surface area contributed by atoms with E-state index in [1.54, 1.807) is 49.4 Å². The molecule has 0 bridgehead atoms. The molecule has 0 unspecified atom stereocenters. The molecular formula is C14H15ClN2O2S. The molecule has 0 heterocycles. The average molecular weight is 311 g/mol.